The Morgan fingerprint density at radius 2 is 1.43 bits per heavy atom. The molecule has 0 aliphatic carbocycles. The van der Waals surface area contributed by atoms with Gasteiger partial charge in [-0.3, -0.25) is 14.5 Å². The molecule has 2 aromatic carbocycles. The van der Waals surface area contributed by atoms with Gasteiger partial charge in [-0.05, 0) is 45.4 Å². The van der Waals surface area contributed by atoms with Crippen LogP contribution in [0.3, 0.4) is 0 Å². The summed E-state index contributed by atoms with van der Waals surface area (Å²) in [6.45, 7) is 7.08. The van der Waals surface area contributed by atoms with Crippen LogP contribution in [0.25, 0.3) is 0 Å². The maximum absolute atomic E-state index is 13.0. The van der Waals surface area contributed by atoms with Gasteiger partial charge >= 0.3 is 6.09 Å². The number of imide groups is 1. The highest BCUT2D eigenvalue weighted by Gasteiger charge is 2.42. The molecule has 1 aliphatic heterocycles. The van der Waals surface area contributed by atoms with Gasteiger partial charge in [-0.15, -0.1) is 0 Å². The summed E-state index contributed by atoms with van der Waals surface area (Å²) in [5, 5.41) is 2.77. The molecule has 1 heterocycles. The van der Waals surface area contributed by atoms with E-state index in [0.29, 0.717) is 11.1 Å². The predicted octanol–water partition coefficient (Wildman–Crippen LogP) is 3.94. The molecule has 146 valence electrons. The Balaban J connectivity index is 1.94. The lowest BCUT2D eigenvalue weighted by Gasteiger charge is -2.32. The summed E-state index contributed by atoms with van der Waals surface area (Å²) in [6, 6.07) is 14.7. The quantitative estimate of drug-likeness (QED) is 0.815. The van der Waals surface area contributed by atoms with Crippen molar-refractivity contribution in [3.8, 4) is 0 Å². The monoisotopic (exact) mass is 380 g/mol. The minimum absolute atomic E-state index is 0.368. The third kappa shape index (κ3) is 3.91. The summed E-state index contributed by atoms with van der Waals surface area (Å²) < 4.78 is 5.33. The average molecular weight is 380 g/mol. The number of benzene rings is 2. The van der Waals surface area contributed by atoms with E-state index in [2.05, 4.69) is 5.32 Å². The predicted molar refractivity (Wildman–Crippen MR) is 105 cm³/mol. The van der Waals surface area contributed by atoms with Gasteiger partial charge in [0.15, 0.2) is 0 Å². The van der Waals surface area contributed by atoms with E-state index in [-0.39, 0.29) is 11.8 Å². The zero-order chi connectivity index (χ0) is 20.5. The molecule has 3 amide bonds. The Morgan fingerprint density at radius 1 is 0.929 bits per heavy atom. The van der Waals surface area contributed by atoms with E-state index in [0.717, 1.165) is 5.56 Å². The van der Waals surface area contributed by atoms with Crippen LogP contribution >= 0.6 is 0 Å². The van der Waals surface area contributed by atoms with Crippen molar-refractivity contribution in [2.45, 2.75) is 45.4 Å². The minimum atomic E-state index is -0.666. The van der Waals surface area contributed by atoms with Crippen LogP contribution in [0.1, 0.15) is 60.0 Å². The Bertz CT molecular complexity index is 867. The molecule has 6 heteroatoms. The van der Waals surface area contributed by atoms with Gasteiger partial charge < -0.3 is 10.1 Å². The Labute approximate surface area is 164 Å². The molecule has 3 rings (SSSR count). The average Bonchev–Trinajstić information content (AvgIpc) is 2.87. The number of hydrogen-bond donors (Lipinski definition) is 1. The Morgan fingerprint density at radius 3 is 1.93 bits per heavy atom. The number of ether oxygens (including phenoxy) is 1. The first kappa shape index (κ1) is 19.6. The molecule has 0 spiro atoms. The van der Waals surface area contributed by atoms with Gasteiger partial charge in [0.05, 0.1) is 23.2 Å². The molecule has 0 saturated carbocycles. The van der Waals surface area contributed by atoms with Crippen molar-refractivity contribution in [2.75, 3.05) is 0 Å². The number of hydrogen-bond acceptors (Lipinski definition) is 4. The van der Waals surface area contributed by atoms with Crippen LogP contribution < -0.4 is 5.32 Å². The van der Waals surface area contributed by atoms with Crippen LogP contribution in [0.15, 0.2) is 54.6 Å². The molecule has 28 heavy (non-hydrogen) atoms. The number of nitrogens with one attached hydrogen (secondary N) is 1. The topological polar surface area (TPSA) is 75.7 Å². The van der Waals surface area contributed by atoms with Crippen molar-refractivity contribution >= 4 is 17.9 Å². The number of nitrogens with zero attached hydrogens (tertiary/aromatic N) is 1. The van der Waals surface area contributed by atoms with Gasteiger partial charge in [-0.25, -0.2) is 4.79 Å². The minimum Gasteiger partial charge on any atom is -0.444 e. The fraction of sp³-hybridized carbons (Fsp3) is 0.318. The van der Waals surface area contributed by atoms with Crippen molar-refractivity contribution in [2.24, 2.45) is 0 Å². The number of amides is 3. The lowest BCUT2D eigenvalue weighted by molar-refractivity contribution is 0.0419. The fourth-order valence-corrected chi connectivity index (χ4v) is 3.34. The molecule has 0 unspecified atom stereocenters. The van der Waals surface area contributed by atoms with Crippen molar-refractivity contribution < 1.29 is 19.1 Å². The maximum atomic E-state index is 13.0. The van der Waals surface area contributed by atoms with E-state index >= 15 is 0 Å². The molecule has 0 radical (unpaired) electrons. The molecule has 6 nitrogen and oxygen atoms in total. The van der Waals surface area contributed by atoms with Gasteiger partial charge in [0.2, 0.25) is 0 Å². The first-order chi connectivity index (χ1) is 13.2. The second-order valence-electron chi connectivity index (χ2n) is 7.82. The van der Waals surface area contributed by atoms with Crippen molar-refractivity contribution in [3.63, 3.8) is 0 Å². The fourth-order valence-electron chi connectivity index (χ4n) is 3.34. The summed E-state index contributed by atoms with van der Waals surface area (Å²) in [5.74, 6) is -0.736. The summed E-state index contributed by atoms with van der Waals surface area (Å²) in [7, 11) is 0. The van der Waals surface area contributed by atoms with Gasteiger partial charge in [0.25, 0.3) is 11.8 Å². The van der Waals surface area contributed by atoms with Crippen LogP contribution in [-0.4, -0.2) is 34.5 Å². The summed E-state index contributed by atoms with van der Waals surface area (Å²) >= 11 is 0. The molecule has 2 atom stereocenters. The van der Waals surface area contributed by atoms with E-state index in [1.807, 2.05) is 30.3 Å². The smallest absolute Gasteiger partial charge is 0.407 e. The van der Waals surface area contributed by atoms with Gasteiger partial charge in [0, 0.05) is 0 Å². The molecular weight excluding hydrogens is 356 g/mol. The Hall–Kier alpha value is -3.15. The highest BCUT2D eigenvalue weighted by atomic mass is 16.6. The first-order valence-corrected chi connectivity index (χ1v) is 9.20. The third-order valence-electron chi connectivity index (χ3n) is 4.46. The number of carbonyl (C=O) groups is 3. The normalized spacial score (nSPS) is 15.8. The van der Waals surface area contributed by atoms with Gasteiger partial charge in [0.1, 0.15) is 5.60 Å². The highest BCUT2D eigenvalue weighted by Crippen LogP contribution is 2.33. The van der Waals surface area contributed by atoms with Gasteiger partial charge in [-0.2, -0.15) is 0 Å². The van der Waals surface area contributed by atoms with Crippen molar-refractivity contribution in [3.05, 3.63) is 71.3 Å². The second-order valence-corrected chi connectivity index (χ2v) is 7.82. The van der Waals surface area contributed by atoms with Crippen molar-refractivity contribution in [1.29, 1.82) is 0 Å². The molecule has 0 fully saturated rings. The van der Waals surface area contributed by atoms with Crippen LogP contribution in [0.2, 0.25) is 0 Å². The highest BCUT2D eigenvalue weighted by molar-refractivity contribution is 6.21. The molecule has 1 N–H and O–H groups in total. The van der Waals surface area contributed by atoms with Crippen LogP contribution in [0, 0.1) is 0 Å². The molecule has 0 bridgehead atoms. The van der Waals surface area contributed by atoms with Crippen molar-refractivity contribution in [1.82, 2.24) is 10.2 Å². The second kappa shape index (κ2) is 7.46. The SMILES string of the molecule is C[C@H](NC(=O)OC(C)(C)C)[C@@H](c1ccccc1)N1C(=O)c2ccccc2C1=O. The lowest BCUT2D eigenvalue weighted by atomic mass is 9.98. The molecule has 0 aromatic heterocycles. The van der Waals surface area contributed by atoms with E-state index in [1.165, 1.54) is 4.90 Å². The van der Waals surface area contributed by atoms with Crippen LogP contribution in [0.5, 0.6) is 0 Å². The largest absolute Gasteiger partial charge is 0.444 e. The number of rotatable bonds is 4. The number of carbonyl (C=O) groups excluding carboxylic acids is 3. The summed E-state index contributed by atoms with van der Waals surface area (Å²) in [6.07, 6.45) is -0.599. The molecule has 1 aliphatic rings. The van der Waals surface area contributed by atoms with E-state index < -0.39 is 23.8 Å². The van der Waals surface area contributed by atoms with Crippen LogP contribution in [-0.2, 0) is 4.74 Å². The van der Waals surface area contributed by atoms with E-state index in [9.17, 15) is 14.4 Å². The number of fused-ring (bicyclic) bond motifs is 1. The molecule has 0 saturated heterocycles. The third-order valence-corrected chi connectivity index (χ3v) is 4.46. The summed E-state index contributed by atoms with van der Waals surface area (Å²) in [4.78, 5) is 39.5. The Kier molecular flexibility index (Phi) is 5.23. The summed E-state index contributed by atoms with van der Waals surface area (Å²) in [5.41, 5.74) is 0.845. The van der Waals surface area contributed by atoms with E-state index in [1.54, 1.807) is 52.0 Å². The molecule has 2 aromatic rings. The van der Waals surface area contributed by atoms with Crippen LogP contribution in [0.4, 0.5) is 4.79 Å². The lowest BCUT2D eigenvalue weighted by Crippen LogP contribution is -2.48. The zero-order valence-corrected chi connectivity index (χ0v) is 16.4. The number of alkyl carbamates (subject to hydrolysis) is 1. The van der Waals surface area contributed by atoms with E-state index in [4.69, 9.17) is 4.74 Å². The zero-order valence-electron chi connectivity index (χ0n) is 16.4. The molecular formula is C22H24N2O4. The standard InChI is InChI=1S/C22H24N2O4/c1-14(23-21(27)28-22(2,3)4)18(15-10-6-5-7-11-15)24-19(25)16-12-8-9-13-17(16)20(24)26/h5-14,18H,1-4H3,(H,23,27)/t14-,18-/m0/s1. The first-order valence-electron chi connectivity index (χ1n) is 9.20. The van der Waals surface area contributed by atoms with Gasteiger partial charge in [-0.1, -0.05) is 42.5 Å². The maximum Gasteiger partial charge on any atom is 0.407 e.